The van der Waals surface area contributed by atoms with Crippen molar-refractivity contribution in [3.05, 3.63) is 12.7 Å². The van der Waals surface area contributed by atoms with Gasteiger partial charge in [0.15, 0.2) is 0 Å². The summed E-state index contributed by atoms with van der Waals surface area (Å²) in [5.74, 6) is -0.494. The summed E-state index contributed by atoms with van der Waals surface area (Å²) in [4.78, 5) is 21.4. The van der Waals surface area contributed by atoms with Crippen molar-refractivity contribution in [2.45, 2.75) is 20.3 Å². The molecule has 1 atom stereocenters. The average molecular weight is 155 g/mol. The van der Waals surface area contributed by atoms with Crippen LogP contribution in [0.15, 0.2) is 12.7 Å². The summed E-state index contributed by atoms with van der Waals surface area (Å²) in [6.45, 7) is 3.49. The maximum atomic E-state index is 10.8. The minimum atomic E-state index is -0.170. The highest BCUT2D eigenvalue weighted by Crippen LogP contribution is 2.14. The molecule has 1 aliphatic rings. The third-order valence-electron chi connectivity index (χ3n) is 1.52. The van der Waals surface area contributed by atoms with Gasteiger partial charge in [-0.2, -0.15) is 0 Å². The molecule has 0 spiro atoms. The normalized spacial score (nSPS) is 22.4. The van der Waals surface area contributed by atoms with Crippen molar-refractivity contribution in [2.75, 3.05) is 0 Å². The molecule has 0 bridgehead atoms. The van der Waals surface area contributed by atoms with Crippen LogP contribution in [-0.4, -0.2) is 11.8 Å². The molecule has 2 amide bonds. The number of amides is 2. The summed E-state index contributed by atoms with van der Waals surface area (Å²) in [6, 6.07) is 0. The highest BCUT2D eigenvalue weighted by molar-refractivity contribution is 6.03. The molecule has 0 radical (unpaired) electrons. The standard InChI is InChI=1S/C7H9NO2.CH4/c1-2-3-5-4-6(9)8-7(5)10;/h2,5H,1,3-4H2,(H,8,9,10);1H4. The van der Waals surface area contributed by atoms with Crippen molar-refractivity contribution in [1.82, 2.24) is 5.32 Å². The number of imide groups is 1. The molecule has 1 N–H and O–H groups in total. The Morgan fingerprint density at radius 3 is 2.64 bits per heavy atom. The van der Waals surface area contributed by atoms with Crippen LogP contribution in [-0.2, 0) is 9.59 Å². The van der Waals surface area contributed by atoms with Crippen LogP contribution in [0.25, 0.3) is 0 Å². The predicted octanol–water partition coefficient (Wildman–Crippen LogP) is 0.861. The van der Waals surface area contributed by atoms with Crippen LogP contribution >= 0.6 is 0 Å². The zero-order valence-corrected chi connectivity index (χ0v) is 5.59. The first-order valence-electron chi connectivity index (χ1n) is 3.18. The van der Waals surface area contributed by atoms with E-state index < -0.39 is 0 Å². The van der Waals surface area contributed by atoms with E-state index in [1.54, 1.807) is 6.08 Å². The lowest BCUT2D eigenvalue weighted by atomic mass is 10.0. The smallest absolute Gasteiger partial charge is 0.230 e. The summed E-state index contributed by atoms with van der Waals surface area (Å²) in [7, 11) is 0. The Balaban J connectivity index is 0.000001000. The molecule has 3 heteroatoms. The van der Waals surface area contributed by atoms with Crippen molar-refractivity contribution in [3.8, 4) is 0 Å². The van der Waals surface area contributed by atoms with Crippen LogP contribution in [0.4, 0.5) is 0 Å². The first-order valence-corrected chi connectivity index (χ1v) is 3.18. The summed E-state index contributed by atoms with van der Waals surface area (Å²) in [5, 5.41) is 2.23. The number of rotatable bonds is 2. The predicted molar refractivity (Wildman–Crippen MR) is 42.8 cm³/mol. The minimum absolute atomic E-state index is 0. The van der Waals surface area contributed by atoms with Crippen molar-refractivity contribution in [1.29, 1.82) is 0 Å². The monoisotopic (exact) mass is 155 g/mol. The summed E-state index contributed by atoms with van der Waals surface area (Å²) >= 11 is 0. The number of hydrogen-bond acceptors (Lipinski definition) is 2. The van der Waals surface area contributed by atoms with Gasteiger partial charge in [-0.15, -0.1) is 6.58 Å². The van der Waals surface area contributed by atoms with Gasteiger partial charge in [-0.25, -0.2) is 0 Å². The van der Waals surface area contributed by atoms with Crippen LogP contribution < -0.4 is 5.32 Å². The molecular formula is C8H13NO2. The van der Waals surface area contributed by atoms with E-state index in [0.717, 1.165) is 0 Å². The fourth-order valence-corrected chi connectivity index (χ4v) is 0.999. The number of nitrogens with one attached hydrogen (secondary N) is 1. The molecule has 62 valence electrons. The Hall–Kier alpha value is -1.12. The van der Waals surface area contributed by atoms with E-state index in [4.69, 9.17) is 0 Å². The summed E-state index contributed by atoms with van der Waals surface area (Å²) in [6.07, 6.45) is 2.57. The molecule has 1 unspecified atom stereocenters. The SMILES string of the molecule is C.C=CCC1CC(=O)NC1=O. The Bertz CT molecular complexity index is 187. The van der Waals surface area contributed by atoms with E-state index in [1.165, 1.54) is 0 Å². The van der Waals surface area contributed by atoms with Gasteiger partial charge in [0.25, 0.3) is 0 Å². The molecular weight excluding hydrogens is 142 g/mol. The quantitative estimate of drug-likeness (QED) is 0.475. The second-order valence-corrected chi connectivity index (χ2v) is 2.34. The lowest BCUT2D eigenvalue weighted by Gasteiger charge is -1.97. The topological polar surface area (TPSA) is 46.2 Å². The van der Waals surface area contributed by atoms with Crippen LogP contribution in [0.2, 0.25) is 0 Å². The van der Waals surface area contributed by atoms with E-state index in [2.05, 4.69) is 11.9 Å². The second kappa shape index (κ2) is 3.91. The van der Waals surface area contributed by atoms with Gasteiger partial charge < -0.3 is 0 Å². The molecule has 3 nitrogen and oxygen atoms in total. The highest BCUT2D eigenvalue weighted by atomic mass is 16.2. The molecule has 1 saturated heterocycles. The Morgan fingerprint density at radius 1 is 1.64 bits per heavy atom. The van der Waals surface area contributed by atoms with Crippen molar-refractivity contribution in [3.63, 3.8) is 0 Å². The number of hydrogen-bond donors (Lipinski definition) is 1. The molecule has 1 aliphatic heterocycles. The second-order valence-electron chi connectivity index (χ2n) is 2.34. The molecule has 0 aliphatic carbocycles. The minimum Gasteiger partial charge on any atom is -0.296 e. The van der Waals surface area contributed by atoms with Crippen LogP contribution in [0, 0.1) is 5.92 Å². The van der Waals surface area contributed by atoms with Crippen molar-refractivity contribution < 1.29 is 9.59 Å². The average Bonchev–Trinajstić information content (AvgIpc) is 2.13. The van der Waals surface area contributed by atoms with Gasteiger partial charge in [0, 0.05) is 6.42 Å². The zero-order chi connectivity index (χ0) is 7.56. The molecule has 1 fully saturated rings. The Morgan fingerprint density at radius 2 is 2.27 bits per heavy atom. The molecule has 1 rings (SSSR count). The van der Waals surface area contributed by atoms with E-state index in [0.29, 0.717) is 12.8 Å². The van der Waals surface area contributed by atoms with Gasteiger partial charge in [-0.3, -0.25) is 14.9 Å². The summed E-state index contributed by atoms with van der Waals surface area (Å²) in [5.41, 5.74) is 0. The van der Waals surface area contributed by atoms with E-state index in [1.807, 2.05) is 0 Å². The van der Waals surface area contributed by atoms with E-state index >= 15 is 0 Å². The Kier molecular flexibility index (Phi) is 3.51. The van der Waals surface area contributed by atoms with Gasteiger partial charge in [-0.1, -0.05) is 13.5 Å². The zero-order valence-electron chi connectivity index (χ0n) is 5.59. The number of carbonyl (C=O) groups is 2. The highest BCUT2D eigenvalue weighted by Gasteiger charge is 2.28. The molecule has 11 heavy (non-hydrogen) atoms. The molecule has 1 heterocycles. The van der Waals surface area contributed by atoms with Crippen molar-refractivity contribution in [2.24, 2.45) is 5.92 Å². The fourth-order valence-electron chi connectivity index (χ4n) is 0.999. The molecule has 0 aromatic rings. The maximum absolute atomic E-state index is 10.8. The number of carbonyl (C=O) groups excluding carboxylic acids is 2. The molecule has 0 aromatic heterocycles. The summed E-state index contributed by atoms with van der Waals surface area (Å²) < 4.78 is 0. The van der Waals surface area contributed by atoms with Gasteiger partial charge in [0.1, 0.15) is 0 Å². The van der Waals surface area contributed by atoms with Gasteiger partial charge >= 0.3 is 0 Å². The molecule has 0 saturated carbocycles. The fraction of sp³-hybridized carbons (Fsp3) is 0.500. The van der Waals surface area contributed by atoms with Crippen LogP contribution in [0.3, 0.4) is 0 Å². The van der Waals surface area contributed by atoms with Crippen LogP contribution in [0.1, 0.15) is 20.3 Å². The van der Waals surface area contributed by atoms with Gasteiger partial charge in [0.2, 0.25) is 11.8 Å². The van der Waals surface area contributed by atoms with Gasteiger partial charge in [0.05, 0.1) is 5.92 Å². The lowest BCUT2D eigenvalue weighted by Crippen LogP contribution is -2.21. The van der Waals surface area contributed by atoms with E-state index in [9.17, 15) is 9.59 Å². The first kappa shape index (κ1) is 9.88. The first-order chi connectivity index (χ1) is 4.74. The van der Waals surface area contributed by atoms with E-state index in [-0.39, 0.29) is 25.2 Å². The van der Waals surface area contributed by atoms with Crippen molar-refractivity contribution >= 4 is 11.8 Å². The lowest BCUT2D eigenvalue weighted by molar-refractivity contribution is -0.125. The largest absolute Gasteiger partial charge is 0.296 e. The van der Waals surface area contributed by atoms with Gasteiger partial charge in [-0.05, 0) is 6.42 Å². The third-order valence-corrected chi connectivity index (χ3v) is 1.52. The third kappa shape index (κ3) is 2.18. The maximum Gasteiger partial charge on any atom is 0.230 e. The number of allylic oxidation sites excluding steroid dienone is 1. The Labute approximate surface area is 66.5 Å². The molecule has 0 aromatic carbocycles. The van der Waals surface area contributed by atoms with Crippen LogP contribution in [0.5, 0.6) is 0 Å².